The Labute approximate surface area is 183 Å². The highest BCUT2D eigenvalue weighted by Gasteiger charge is 2.28. The molecule has 8 heteroatoms. The normalized spacial score (nSPS) is 14.6. The Morgan fingerprint density at radius 3 is 1.58 bits per heavy atom. The molecule has 0 amide bonds. The van der Waals surface area contributed by atoms with E-state index in [4.69, 9.17) is 0 Å². The van der Waals surface area contributed by atoms with Crippen LogP contribution in [0.1, 0.15) is 29.9 Å². The summed E-state index contributed by atoms with van der Waals surface area (Å²) in [5.74, 6) is -0.153. The van der Waals surface area contributed by atoms with Crippen LogP contribution in [0.2, 0.25) is 0 Å². The maximum atomic E-state index is 12.9. The van der Waals surface area contributed by atoms with E-state index in [1.54, 1.807) is 0 Å². The molecule has 0 aliphatic heterocycles. The zero-order valence-electron chi connectivity index (χ0n) is 16.8. The van der Waals surface area contributed by atoms with Gasteiger partial charge in [0.05, 0.1) is 9.79 Å². The maximum absolute atomic E-state index is 12.9. The molecule has 0 aromatic heterocycles. The second-order valence-corrected chi connectivity index (χ2v) is 11.1. The molecule has 0 bridgehead atoms. The van der Waals surface area contributed by atoms with Crippen LogP contribution in [-0.2, 0) is 20.0 Å². The fourth-order valence-electron chi connectivity index (χ4n) is 3.36. The van der Waals surface area contributed by atoms with Crippen LogP contribution >= 0.6 is 0 Å². The van der Waals surface area contributed by atoms with Crippen molar-refractivity contribution in [2.24, 2.45) is 0 Å². The van der Waals surface area contributed by atoms with Gasteiger partial charge in [-0.1, -0.05) is 60.7 Å². The van der Waals surface area contributed by atoms with Crippen molar-refractivity contribution in [3.8, 4) is 0 Å². The lowest BCUT2D eigenvalue weighted by Gasteiger charge is -2.19. The van der Waals surface area contributed by atoms with Gasteiger partial charge in [0.1, 0.15) is 0 Å². The van der Waals surface area contributed by atoms with E-state index in [1.807, 2.05) is 60.7 Å². The average molecular weight is 457 g/mol. The van der Waals surface area contributed by atoms with Crippen LogP contribution in [-0.4, -0.2) is 29.4 Å². The summed E-state index contributed by atoms with van der Waals surface area (Å²) >= 11 is 0. The number of rotatable bonds is 9. The third-order valence-electron chi connectivity index (χ3n) is 5.22. The zero-order chi connectivity index (χ0) is 21.9. The number of nitrogens with one attached hydrogen (secondary N) is 2. The Hall–Kier alpha value is -2.52. The number of hydrogen-bond donors (Lipinski definition) is 2. The van der Waals surface area contributed by atoms with Gasteiger partial charge in [-0.05, 0) is 48.2 Å². The van der Waals surface area contributed by atoms with Gasteiger partial charge >= 0.3 is 0 Å². The molecule has 6 nitrogen and oxygen atoms in total. The second-order valence-electron chi connectivity index (χ2n) is 7.59. The molecule has 0 radical (unpaired) electrons. The summed E-state index contributed by atoms with van der Waals surface area (Å²) in [6, 6.07) is 24.7. The Balaban J connectivity index is 1.52. The first kappa shape index (κ1) is 21.7. The Kier molecular flexibility index (Phi) is 6.24. The summed E-state index contributed by atoms with van der Waals surface area (Å²) < 4.78 is 55.6. The summed E-state index contributed by atoms with van der Waals surface area (Å²) in [4.78, 5) is 0.0857. The van der Waals surface area contributed by atoms with Gasteiger partial charge in [-0.2, -0.15) is 0 Å². The van der Waals surface area contributed by atoms with E-state index >= 15 is 0 Å². The predicted molar refractivity (Wildman–Crippen MR) is 120 cm³/mol. The summed E-state index contributed by atoms with van der Waals surface area (Å²) in [5, 5.41) is 0. The molecule has 2 N–H and O–H groups in total. The monoisotopic (exact) mass is 456 g/mol. The van der Waals surface area contributed by atoms with Crippen molar-refractivity contribution in [2.45, 2.75) is 34.6 Å². The molecule has 0 unspecified atom stereocenters. The van der Waals surface area contributed by atoms with Crippen LogP contribution in [0.25, 0.3) is 0 Å². The molecule has 0 atom stereocenters. The van der Waals surface area contributed by atoms with Gasteiger partial charge in [0.15, 0.2) is 0 Å². The van der Waals surface area contributed by atoms with Gasteiger partial charge in [-0.15, -0.1) is 0 Å². The molecule has 4 rings (SSSR count). The van der Waals surface area contributed by atoms with Gasteiger partial charge in [0, 0.05) is 18.5 Å². The predicted octanol–water partition coefficient (Wildman–Crippen LogP) is 3.24. The van der Waals surface area contributed by atoms with Gasteiger partial charge < -0.3 is 0 Å². The Morgan fingerprint density at radius 1 is 0.677 bits per heavy atom. The summed E-state index contributed by atoms with van der Waals surface area (Å²) in [6.07, 6.45) is 1.67. The first-order valence-corrected chi connectivity index (χ1v) is 13.0. The van der Waals surface area contributed by atoms with Crippen LogP contribution < -0.4 is 9.44 Å². The number of sulfonamides is 2. The average Bonchev–Trinajstić information content (AvgIpc) is 3.59. The minimum absolute atomic E-state index is 0.0111. The van der Waals surface area contributed by atoms with Crippen LogP contribution in [0.4, 0.5) is 0 Å². The highest BCUT2D eigenvalue weighted by atomic mass is 32.2. The first-order chi connectivity index (χ1) is 14.9. The highest BCUT2D eigenvalue weighted by molar-refractivity contribution is 7.90. The third kappa shape index (κ3) is 5.40. The smallest absolute Gasteiger partial charge is 0.210 e. The minimum Gasteiger partial charge on any atom is -0.210 e. The van der Waals surface area contributed by atoms with Crippen molar-refractivity contribution in [3.05, 3.63) is 96.1 Å². The second kappa shape index (κ2) is 8.92. The van der Waals surface area contributed by atoms with E-state index in [9.17, 15) is 16.8 Å². The van der Waals surface area contributed by atoms with E-state index in [0.717, 1.165) is 24.0 Å². The molecular weight excluding hydrogens is 432 g/mol. The zero-order valence-corrected chi connectivity index (χ0v) is 18.4. The fourth-order valence-corrected chi connectivity index (χ4v) is 5.71. The van der Waals surface area contributed by atoms with Gasteiger partial charge in [0.2, 0.25) is 20.0 Å². The summed E-state index contributed by atoms with van der Waals surface area (Å²) in [6.45, 7) is 0.180. The molecule has 162 valence electrons. The maximum Gasteiger partial charge on any atom is 0.240 e. The fraction of sp³-hybridized carbons (Fsp3) is 0.217. The standard InChI is InChI=1S/C23H24N2O4S2/c26-30(27,21-13-15-22(16-14-21)31(28,29)25-20-11-12-20)24-17-23(18-7-3-1-4-8-18)19-9-5-2-6-10-19/h1-10,13-16,20,23-25H,11-12,17H2. The number of benzene rings is 3. The Bertz CT molecular complexity index is 1180. The van der Waals surface area contributed by atoms with Crippen molar-refractivity contribution in [3.63, 3.8) is 0 Å². The molecule has 31 heavy (non-hydrogen) atoms. The third-order valence-corrected chi connectivity index (χ3v) is 8.20. The van der Waals surface area contributed by atoms with E-state index in [0.29, 0.717) is 0 Å². The van der Waals surface area contributed by atoms with Crippen LogP contribution in [0.5, 0.6) is 0 Å². The molecule has 0 heterocycles. The molecule has 1 fully saturated rings. The van der Waals surface area contributed by atoms with Crippen molar-refractivity contribution in [2.75, 3.05) is 6.54 Å². The molecule has 1 saturated carbocycles. The first-order valence-electron chi connectivity index (χ1n) is 10.1. The molecule has 3 aromatic rings. The van der Waals surface area contributed by atoms with Crippen molar-refractivity contribution in [1.29, 1.82) is 0 Å². The van der Waals surface area contributed by atoms with Crippen LogP contribution in [0.15, 0.2) is 94.7 Å². The van der Waals surface area contributed by atoms with E-state index in [1.165, 1.54) is 24.3 Å². The van der Waals surface area contributed by atoms with Crippen molar-refractivity contribution in [1.82, 2.24) is 9.44 Å². The van der Waals surface area contributed by atoms with E-state index in [2.05, 4.69) is 9.44 Å². The van der Waals surface area contributed by atoms with E-state index < -0.39 is 20.0 Å². The van der Waals surface area contributed by atoms with Crippen LogP contribution in [0.3, 0.4) is 0 Å². The Morgan fingerprint density at radius 2 is 1.13 bits per heavy atom. The molecule has 3 aromatic carbocycles. The molecule has 1 aliphatic rings. The lowest BCUT2D eigenvalue weighted by atomic mass is 9.92. The molecule has 1 aliphatic carbocycles. The molecular formula is C23H24N2O4S2. The van der Waals surface area contributed by atoms with Crippen LogP contribution in [0, 0.1) is 0 Å². The van der Waals surface area contributed by atoms with Crippen molar-refractivity contribution >= 4 is 20.0 Å². The SMILES string of the molecule is O=S(=O)(NCC(c1ccccc1)c1ccccc1)c1ccc(S(=O)(=O)NC2CC2)cc1. The summed E-state index contributed by atoms with van der Waals surface area (Å²) in [7, 11) is -7.43. The topological polar surface area (TPSA) is 92.3 Å². The molecule has 0 spiro atoms. The number of hydrogen-bond acceptors (Lipinski definition) is 4. The largest absolute Gasteiger partial charge is 0.240 e. The van der Waals surface area contributed by atoms with Gasteiger partial charge in [0.25, 0.3) is 0 Å². The van der Waals surface area contributed by atoms with E-state index in [-0.39, 0.29) is 28.3 Å². The quantitative estimate of drug-likeness (QED) is 0.517. The van der Waals surface area contributed by atoms with Crippen molar-refractivity contribution < 1.29 is 16.8 Å². The lowest BCUT2D eigenvalue weighted by molar-refractivity contribution is 0.575. The van der Waals surface area contributed by atoms with Gasteiger partial charge in [-0.3, -0.25) is 0 Å². The highest BCUT2D eigenvalue weighted by Crippen LogP contribution is 2.25. The lowest BCUT2D eigenvalue weighted by Crippen LogP contribution is -2.29. The minimum atomic E-state index is -3.81. The summed E-state index contributed by atoms with van der Waals surface area (Å²) in [5.41, 5.74) is 2.01. The van der Waals surface area contributed by atoms with Gasteiger partial charge in [-0.25, -0.2) is 26.3 Å². The molecule has 0 saturated heterocycles.